The molecule has 5 rings (SSSR count). The van der Waals surface area contributed by atoms with Gasteiger partial charge in [0.1, 0.15) is 5.52 Å². The van der Waals surface area contributed by atoms with E-state index in [0.717, 1.165) is 44.5 Å². The summed E-state index contributed by atoms with van der Waals surface area (Å²) in [6.45, 7) is 9.23. The summed E-state index contributed by atoms with van der Waals surface area (Å²) >= 11 is 0. The first-order valence-electron chi connectivity index (χ1n) is 13.9. The number of H-pyrrole nitrogens is 1. The van der Waals surface area contributed by atoms with E-state index in [2.05, 4.69) is 50.9 Å². The number of anilines is 2. The fourth-order valence-corrected chi connectivity index (χ4v) is 5.14. The largest absolute Gasteiger partial charge is 0.436 e. The fourth-order valence-electron chi connectivity index (χ4n) is 5.14. The van der Waals surface area contributed by atoms with Gasteiger partial charge in [0, 0.05) is 30.8 Å². The second-order valence-corrected chi connectivity index (χ2v) is 11.8. The number of piperidine rings is 1. The Morgan fingerprint density at radius 1 is 1.07 bits per heavy atom. The van der Waals surface area contributed by atoms with Crippen LogP contribution in [0.2, 0.25) is 0 Å². The van der Waals surface area contributed by atoms with Gasteiger partial charge in [-0.05, 0) is 49.1 Å². The molecule has 12 heteroatoms. The van der Waals surface area contributed by atoms with Crippen LogP contribution in [0.5, 0.6) is 11.6 Å². The SMILES string of the molecule is CC(C)(C)CN1CCCC[C@@H]1CNc1nc(Oc2cccc3[nH]c(=O)c(N)nc23)cc(-c2ccc(C(F)(F)F)cc2)n1. The number of halogens is 3. The van der Waals surface area contributed by atoms with Crippen molar-refractivity contribution in [2.45, 2.75) is 52.3 Å². The van der Waals surface area contributed by atoms with E-state index in [4.69, 9.17) is 10.5 Å². The van der Waals surface area contributed by atoms with Crippen LogP contribution in [0.25, 0.3) is 22.3 Å². The van der Waals surface area contributed by atoms with Gasteiger partial charge >= 0.3 is 6.18 Å². The molecule has 0 bridgehead atoms. The molecule has 9 nitrogen and oxygen atoms in total. The maximum absolute atomic E-state index is 13.2. The molecule has 1 saturated heterocycles. The van der Waals surface area contributed by atoms with Gasteiger partial charge in [-0.1, -0.05) is 45.4 Å². The van der Waals surface area contributed by atoms with E-state index in [-0.39, 0.29) is 29.1 Å². The summed E-state index contributed by atoms with van der Waals surface area (Å²) in [5.74, 6) is 0.518. The summed E-state index contributed by atoms with van der Waals surface area (Å²) in [5, 5.41) is 3.35. The zero-order chi connectivity index (χ0) is 30.1. The first-order valence-corrected chi connectivity index (χ1v) is 13.9. The zero-order valence-electron chi connectivity index (χ0n) is 23.8. The van der Waals surface area contributed by atoms with Crippen LogP contribution in [0.15, 0.2) is 53.3 Å². The highest BCUT2D eigenvalue weighted by atomic mass is 19.4. The summed E-state index contributed by atoms with van der Waals surface area (Å²) in [6, 6.07) is 11.6. The molecule has 0 amide bonds. The predicted octanol–water partition coefficient (Wildman–Crippen LogP) is 6.09. The number of likely N-dealkylation sites (tertiary alicyclic amines) is 1. The van der Waals surface area contributed by atoms with Crippen LogP contribution in [-0.4, -0.2) is 50.5 Å². The van der Waals surface area contributed by atoms with Crippen molar-refractivity contribution in [3.8, 4) is 22.9 Å². The van der Waals surface area contributed by atoms with Gasteiger partial charge in [-0.2, -0.15) is 18.2 Å². The van der Waals surface area contributed by atoms with E-state index in [0.29, 0.717) is 34.6 Å². The molecule has 1 aliphatic rings. The summed E-state index contributed by atoms with van der Waals surface area (Å²) < 4.78 is 45.7. The van der Waals surface area contributed by atoms with Crippen molar-refractivity contribution in [1.82, 2.24) is 24.8 Å². The minimum atomic E-state index is -4.45. The number of nitrogens with two attached hydrogens (primary N) is 1. The van der Waals surface area contributed by atoms with Crippen molar-refractivity contribution in [3.05, 3.63) is 64.4 Å². The Morgan fingerprint density at radius 3 is 2.55 bits per heavy atom. The lowest BCUT2D eigenvalue weighted by Crippen LogP contribution is -2.47. The number of nitrogens with zero attached hydrogens (tertiary/aromatic N) is 4. The normalized spacial score (nSPS) is 16.5. The number of alkyl halides is 3. The molecule has 2 aromatic carbocycles. The highest BCUT2D eigenvalue weighted by Gasteiger charge is 2.30. The van der Waals surface area contributed by atoms with Gasteiger partial charge in [-0.15, -0.1) is 0 Å². The van der Waals surface area contributed by atoms with Crippen molar-refractivity contribution in [1.29, 1.82) is 0 Å². The van der Waals surface area contributed by atoms with Crippen molar-refractivity contribution >= 4 is 22.8 Å². The molecule has 0 aliphatic carbocycles. The van der Waals surface area contributed by atoms with Gasteiger partial charge in [-0.3, -0.25) is 9.69 Å². The maximum atomic E-state index is 13.2. The molecule has 42 heavy (non-hydrogen) atoms. The zero-order valence-corrected chi connectivity index (χ0v) is 23.8. The van der Waals surface area contributed by atoms with Crippen molar-refractivity contribution in [2.24, 2.45) is 5.41 Å². The molecule has 1 atom stereocenters. The van der Waals surface area contributed by atoms with Gasteiger partial charge in [0.2, 0.25) is 11.8 Å². The lowest BCUT2D eigenvalue weighted by molar-refractivity contribution is -0.137. The van der Waals surface area contributed by atoms with Gasteiger partial charge in [0.25, 0.3) is 5.56 Å². The van der Waals surface area contributed by atoms with Crippen molar-refractivity contribution < 1.29 is 17.9 Å². The van der Waals surface area contributed by atoms with Crippen LogP contribution >= 0.6 is 0 Å². The van der Waals surface area contributed by atoms with Crippen LogP contribution in [-0.2, 0) is 6.18 Å². The average molecular weight is 582 g/mol. The van der Waals surface area contributed by atoms with Gasteiger partial charge < -0.3 is 20.8 Å². The van der Waals surface area contributed by atoms with E-state index < -0.39 is 17.3 Å². The summed E-state index contributed by atoms with van der Waals surface area (Å²) in [4.78, 5) is 30.5. The predicted molar refractivity (Wildman–Crippen MR) is 156 cm³/mol. The quantitative estimate of drug-likeness (QED) is 0.240. The number of hydrogen-bond acceptors (Lipinski definition) is 8. The highest BCUT2D eigenvalue weighted by Crippen LogP contribution is 2.33. The molecule has 0 spiro atoms. The number of para-hydroxylation sites is 1. The number of nitrogen functional groups attached to an aromatic ring is 1. The average Bonchev–Trinajstić information content (AvgIpc) is 2.92. The Balaban J connectivity index is 1.48. The Labute approximate surface area is 241 Å². The Bertz CT molecular complexity index is 1620. The molecule has 3 heterocycles. The van der Waals surface area contributed by atoms with E-state index in [1.54, 1.807) is 24.3 Å². The minimum Gasteiger partial charge on any atom is -0.436 e. The third-order valence-electron chi connectivity index (χ3n) is 7.06. The molecule has 1 aliphatic heterocycles. The summed E-state index contributed by atoms with van der Waals surface area (Å²) in [6.07, 6.45) is -1.13. The molecule has 4 N–H and O–H groups in total. The third kappa shape index (κ3) is 6.99. The van der Waals surface area contributed by atoms with Crippen LogP contribution in [0, 0.1) is 5.41 Å². The van der Waals surface area contributed by atoms with Crippen LogP contribution in [0.1, 0.15) is 45.6 Å². The van der Waals surface area contributed by atoms with Crippen molar-refractivity contribution in [2.75, 3.05) is 30.7 Å². The lowest BCUT2D eigenvalue weighted by Gasteiger charge is -2.39. The fraction of sp³-hybridized carbons (Fsp3) is 0.400. The topological polar surface area (TPSA) is 122 Å². The summed E-state index contributed by atoms with van der Waals surface area (Å²) in [5.41, 5.74) is 6.24. The molecule has 0 radical (unpaired) electrons. The van der Waals surface area contributed by atoms with Crippen LogP contribution in [0.4, 0.5) is 24.9 Å². The number of hydrogen-bond donors (Lipinski definition) is 3. The number of aromatic nitrogens is 4. The third-order valence-corrected chi connectivity index (χ3v) is 7.06. The van der Waals surface area contributed by atoms with E-state index in [9.17, 15) is 18.0 Å². The number of fused-ring (bicyclic) bond motifs is 1. The molecule has 0 unspecified atom stereocenters. The highest BCUT2D eigenvalue weighted by molar-refractivity contribution is 5.82. The lowest BCUT2D eigenvalue weighted by atomic mass is 9.92. The molecule has 1 fully saturated rings. The summed E-state index contributed by atoms with van der Waals surface area (Å²) in [7, 11) is 0. The van der Waals surface area contributed by atoms with E-state index >= 15 is 0 Å². The molecule has 0 saturated carbocycles. The number of benzene rings is 2. The smallest absolute Gasteiger partial charge is 0.416 e. The minimum absolute atomic E-state index is 0.149. The maximum Gasteiger partial charge on any atom is 0.416 e. The molecular weight excluding hydrogens is 547 g/mol. The monoisotopic (exact) mass is 581 g/mol. The van der Waals surface area contributed by atoms with Crippen LogP contribution in [0.3, 0.4) is 0 Å². The van der Waals surface area contributed by atoms with Gasteiger partial charge in [-0.25, -0.2) is 9.97 Å². The second-order valence-electron chi connectivity index (χ2n) is 11.8. The number of nitrogens with one attached hydrogen (secondary N) is 2. The Morgan fingerprint density at radius 2 is 1.83 bits per heavy atom. The van der Waals surface area contributed by atoms with Crippen molar-refractivity contribution in [3.63, 3.8) is 0 Å². The standard InChI is InChI=1S/C30H34F3N7O2/c1-29(2,3)17-40-14-5-4-7-20(40)16-35-28-37-22(18-10-12-19(13-11-18)30(31,32)33)15-24(38-28)42-23-9-6-8-21-25(23)39-26(34)27(41)36-21/h6,8-13,15,20H,4-5,7,14,16-17H2,1-3H3,(H2,34,39)(H,36,41)(H,35,37,38)/t20-/m1/s1. The Hall–Kier alpha value is -4.19. The number of ether oxygens (including phenoxy) is 1. The first-order chi connectivity index (χ1) is 19.9. The molecule has 2 aromatic heterocycles. The molecule has 222 valence electrons. The van der Waals surface area contributed by atoms with E-state index in [1.807, 2.05) is 0 Å². The van der Waals surface area contributed by atoms with E-state index in [1.165, 1.54) is 12.1 Å². The van der Waals surface area contributed by atoms with Gasteiger partial charge in [0.15, 0.2) is 11.6 Å². The number of aromatic amines is 1. The first kappa shape index (κ1) is 29.3. The molecular formula is C30H34F3N7O2. The van der Waals surface area contributed by atoms with Crippen LogP contribution < -0.4 is 21.3 Å². The second kappa shape index (κ2) is 11.6. The molecule has 4 aromatic rings. The van der Waals surface area contributed by atoms with Gasteiger partial charge in [0.05, 0.1) is 16.8 Å². The Kier molecular flexibility index (Phi) is 8.09. The number of rotatable bonds is 7.